The molecule has 0 saturated heterocycles. The van der Waals surface area contributed by atoms with Crippen LogP contribution in [0.4, 0.5) is 28.3 Å². The quantitative estimate of drug-likeness (QED) is 0.241. The number of hydrogen-bond donors (Lipinski definition) is 3. The number of rotatable bonds is 6. The summed E-state index contributed by atoms with van der Waals surface area (Å²) in [6, 6.07) is 12.6. The highest BCUT2D eigenvalue weighted by Crippen LogP contribution is 2.30. The molecule has 0 aliphatic heterocycles. The van der Waals surface area contributed by atoms with Gasteiger partial charge in [-0.2, -0.15) is 5.10 Å². The summed E-state index contributed by atoms with van der Waals surface area (Å²) in [6.45, 7) is 1.84. The molecule has 0 unspecified atom stereocenters. The summed E-state index contributed by atoms with van der Waals surface area (Å²) in [4.78, 5) is 31.9. The minimum absolute atomic E-state index is 0.0660. The highest BCUT2D eigenvalue weighted by atomic mass is 19.4. The zero-order valence-corrected chi connectivity index (χ0v) is 20.1. The van der Waals surface area contributed by atoms with Gasteiger partial charge >= 0.3 is 12.5 Å². The molecule has 0 fully saturated rings. The van der Waals surface area contributed by atoms with Gasteiger partial charge in [0.1, 0.15) is 11.6 Å². The molecule has 0 bridgehead atoms. The molecule has 2 aromatic heterocycles. The van der Waals surface area contributed by atoms with Gasteiger partial charge in [-0.3, -0.25) is 4.79 Å². The first-order chi connectivity index (χ1) is 18.5. The number of amides is 1. The lowest BCUT2D eigenvalue weighted by atomic mass is 9.98. The van der Waals surface area contributed by atoms with Gasteiger partial charge < -0.3 is 14.8 Å². The molecule has 13 heteroatoms. The number of hydrogen-bond acceptors (Lipinski definition) is 5. The van der Waals surface area contributed by atoms with Gasteiger partial charge in [0, 0.05) is 23.9 Å². The lowest BCUT2D eigenvalue weighted by Crippen LogP contribution is -2.29. The number of aromatic amines is 2. The number of alkyl halides is 3. The molecule has 3 N–H and O–H groups in total. The Morgan fingerprint density at radius 2 is 1.87 bits per heavy atom. The molecule has 5 rings (SSSR count). The van der Waals surface area contributed by atoms with Crippen LogP contribution in [0.1, 0.15) is 18.2 Å². The second-order valence-corrected chi connectivity index (χ2v) is 8.56. The number of anilines is 1. The van der Waals surface area contributed by atoms with Crippen molar-refractivity contribution in [2.75, 3.05) is 11.4 Å². The number of nitrogens with one attached hydrogen (secondary N) is 2. The van der Waals surface area contributed by atoms with Crippen LogP contribution in [0.2, 0.25) is 0 Å². The van der Waals surface area contributed by atoms with Crippen molar-refractivity contribution < 1.29 is 32.2 Å². The molecule has 2 heterocycles. The van der Waals surface area contributed by atoms with Crippen LogP contribution in [-0.2, 0) is 6.42 Å². The molecule has 0 aliphatic rings. The SMILES string of the molecule is CCN(C(=O)O)c1nc2ccc(-c3cc(Cc4n[nH]c(=O)c5ccc(OC(F)(F)F)cc45)ccc3F)cc2[nH]1. The van der Waals surface area contributed by atoms with Gasteiger partial charge in [0.15, 0.2) is 0 Å². The largest absolute Gasteiger partial charge is 0.573 e. The maximum atomic E-state index is 14.9. The second kappa shape index (κ2) is 9.74. The number of benzene rings is 3. The minimum Gasteiger partial charge on any atom is -0.465 e. The van der Waals surface area contributed by atoms with E-state index in [1.165, 1.54) is 18.2 Å². The minimum atomic E-state index is -4.91. The number of H-pyrrole nitrogens is 2. The number of carboxylic acid groups (broad SMARTS) is 1. The molecule has 9 nitrogen and oxygen atoms in total. The smallest absolute Gasteiger partial charge is 0.465 e. The predicted molar refractivity (Wildman–Crippen MR) is 134 cm³/mol. The van der Waals surface area contributed by atoms with Crippen molar-refractivity contribution in [3.63, 3.8) is 0 Å². The van der Waals surface area contributed by atoms with Crippen molar-refractivity contribution in [2.45, 2.75) is 19.7 Å². The molecule has 1 amide bonds. The molecule has 0 spiro atoms. The van der Waals surface area contributed by atoms with Crippen LogP contribution in [0, 0.1) is 5.82 Å². The normalized spacial score (nSPS) is 11.7. The Balaban J connectivity index is 1.51. The van der Waals surface area contributed by atoms with Crippen LogP contribution in [0.25, 0.3) is 32.9 Å². The van der Waals surface area contributed by atoms with Gasteiger partial charge in [0.25, 0.3) is 5.56 Å². The summed E-state index contributed by atoms with van der Waals surface area (Å²) in [5.74, 6) is -0.893. The molecule has 0 atom stereocenters. The number of halogens is 4. The summed E-state index contributed by atoms with van der Waals surface area (Å²) in [5.41, 5.74) is 1.95. The van der Waals surface area contributed by atoms with E-state index in [0.717, 1.165) is 17.0 Å². The van der Waals surface area contributed by atoms with E-state index in [9.17, 15) is 32.3 Å². The molecule has 0 saturated carbocycles. The Kier molecular flexibility index (Phi) is 6.42. The third-order valence-corrected chi connectivity index (χ3v) is 6.06. The highest BCUT2D eigenvalue weighted by molar-refractivity contribution is 5.89. The van der Waals surface area contributed by atoms with Crippen molar-refractivity contribution in [3.8, 4) is 16.9 Å². The molecule has 5 aromatic rings. The molecule has 0 aliphatic carbocycles. The summed E-state index contributed by atoms with van der Waals surface area (Å²) < 4.78 is 57.1. The fraction of sp³-hybridized carbons (Fsp3) is 0.154. The van der Waals surface area contributed by atoms with Crippen LogP contribution in [-0.4, -0.2) is 44.3 Å². The van der Waals surface area contributed by atoms with Gasteiger partial charge in [-0.25, -0.2) is 24.2 Å². The molecule has 200 valence electrons. The number of ether oxygens (including phenoxy) is 1. The standard InChI is InChI=1S/C26H19F4N5O4/c1-2-35(25(37)38)24-31-20-8-4-14(11-22(20)32-24)17-9-13(3-7-19(17)27)10-21-18-12-15(39-26(28,29)30)5-6-16(18)23(36)34-33-21/h3-9,11-12H,2,10H2,1H3,(H,31,32)(H,34,36)(H,37,38). The summed E-state index contributed by atoms with van der Waals surface area (Å²) in [5, 5.41) is 16.0. The first-order valence-corrected chi connectivity index (χ1v) is 11.6. The number of carbonyl (C=O) groups is 1. The summed E-state index contributed by atoms with van der Waals surface area (Å²) >= 11 is 0. The topological polar surface area (TPSA) is 124 Å². The Labute approximate surface area is 216 Å². The van der Waals surface area contributed by atoms with Gasteiger partial charge in [0.05, 0.1) is 22.1 Å². The third-order valence-electron chi connectivity index (χ3n) is 6.06. The van der Waals surface area contributed by atoms with Crippen molar-refractivity contribution in [2.24, 2.45) is 0 Å². The molecular formula is C26H19F4N5O4. The Hall–Kier alpha value is -4.94. The van der Waals surface area contributed by atoms with Crippen LogP contribution in [0.3, 0.4) is 0 Å². The number of imidazole rings is 1. The first kappa shape index (κ1) is 25.7. The van der Waals surface area contributed by atoms with Crippen molar-refractivity contribution in [1.29, 1.82) is 0 Å². The average Bonchev–Trinajstić information content (AvgIpc) is 3.29. The van der Waals surface area contributed by atoms with E-state index in [-0.39, 0.29) is 40.9 Å². The van der Waals surface area contributed by atoms with Crippen molar-refractivity contribution in [3.05, 3.63) is 82.0 Å². The molecule has 39 heavy (non-hydrogen) atoms. The number of nitrogens with zero attached hydrogens (tertiary/aromatic N) is 3. The third kappa shape index (κ3) is 5.23. The fourth-order valence-corrected chi connectivity index (χ4v) is 4.29. The number of aromatic nitrogens is 4. The van der Waals surface area contributed by atoms with Crippen LogP contribution in [0.5, 0.6) is 5.75 Å². The van der Waals surface area contributed by atoms with E-state index in [0.29, 0.717) is 22.2 Å². The summed E-state index contributed by atoms with van der Waals surface area (Å²) in [6.07, 6.45) is -6.01. The van der Waals surface area contributed by atoms with Gasteiger partial charge in [-0.15, -0.1) is 13.2 Å². The Bertz CT molecular complexity index is 1780. The maximum Gasteiger partial charge on any atom is 0.573 e. The zero-order valence-electron chi connectivity index (χ0n) is 20.1. The maximum absolute atomic E-state index is 14.9. The predicted octanol–water partition coefficient (Wildman–Crippen LogP) is 5.60. The monoisotopic (exact) mass is 541 g/mol. The molecule has 0 radical (unpaired) electrons. The second-order valence-electron chi connectivity index (χ2n) is 8.56. The van der Waals surface area contributed by atoms with E-state index >= 15 is 0 Å². The van der Waals surface area contributed by atoms with E-state index in [1.807, 2.05) is 0 Å². The van der Waals surface area contributed by atoms with Crippen molar-refractivity contribution >= 4 is 33.8 Å². The first-order valence-electron chi connectivity index (χ1n) is 11.6. The van der Waals surface area contributed by atoms with Gasteiger partial charge in [0.2, 0.25) is 5.95 Å². The van der Waals surface area contributed by atoms with E-state index in [4.69, 9.17) is 0 Å². The van der Waals surface area contributed by atoms with E-state index < -0.39 is 29.6 Å². The van der Waals surface area contributed by atoms with Gasteiger partial charge in [-0.1, -0.05) is 12.1 Å². The number of fused-ring (bicyclic) bond motifs is 2. The zero-order chi connectivity index (χ0) is 27.9. The van der Waals surface area contributed by atoms with E-state index in [1.54, 1.807) is 31.2 Å². The van der Waals surface area contributed by atoms with Crippen LogP contribution < -0.4 is 15.2 Å². The van der Waals surface area contributed by atoms with Crippen LogP contribution >= 0.6 is 0 Å². The Morgan fingerprint density at radius 3 is 2.59 bits per heavy atom. The van der Waals surface area contributed by atoms with Crippen LogP contribution in [0.15, 0.2) is 59.4 Å². The van der Waals surface area contributed by atoms with Crippen molar-refractivity contribution in [1.82, 2.24) is 20.2 Å². The average molecular weight is 541 g/mol. The molecule has 3 aromatic carbocycles. The van der Waals surface area contributed by atoms with E-state index in [2.05, 4.69) is 24.9 Å². The lowest BCUT2D eigenvalue weighted by molar-refractivity contribution is -0.274. The molecular weight excluding hydrogens is 522 g/mol. The highest BCUT2D eigenvalue weighted by Gasteiger charge is 2.31. The van der Waals surface area contributed by atoms with Gasteiger partial charge in [-0.05, 0) is 60.5 Å². The summed E-state index contributed by atoms with van der Waals surface area (Å²) in [7, 11) is 0. The fourth-order valence-electron chi connectivity index (χ4n) is 4.29. The Morgan fingerprint density at radius 1 is 1.08 bits per heavy atom. The lowest BCUT2D eigenvalue weighted by Gasteiger charge is -2.12.